The standard InChI is InChI=1S/C49H34NOP/c1-49(2)42-17-9-6-14-37(42)38-25-23-33(30-43(38)49)32-21-20-31-22-24-35(29-34(31)28-32)50-44-18-10-7-15-39(44)40-26-27-46-47(48(40)50)41-16-8-11-19-45(41)52(46,51)36-12-4-3-5-13-36/h3-30H,1-2H3. The van der Waals surface area contributed by atoms with Crippen LogP contribution in [0.5, 0.6) is 0 Å². The normalized spacial score (nSPS) is 16.6. The van der Waals surface area contributed by atoms with Gasteiger partial charge in [0.05, 0.1) is 11.0 Å². The minimum absolute atomic E-state index is 0.0498. The molecule has 1 unspecified atom stereocenters. The predicted molar refractivity (Wildman–Crippen MR) is 220 cm³/mol. The molecular weight excluding hydrogens is 650 g/mol. The Balaban J connectivity index is 1.13. The van der Waals surface area contributed by atoms with Gasteiger partial charge >= 0.3 is 0 Å². The maximum absolute atomic E-state index is 15.5. The molecule has 52 heavy (non-hydrogen) atoms. The molecule has 0 N–H and O–H groups in total. The Hall–Kier alpha value is -5.95. The molecule has 0 saturated carbocycles. The highest BCUT2D eigenvalue weighted by molar-refractivity contribution is 7.86. The first kappa shape index (κ1) is 29.7. The van der Waals surface area contributed by atoms with Crippen molar-refractivity contribution in [3.63, 3.8) is 0 Å². The Morgan fingerprint density at radius 2 is 1.19 bits per heavy atom. The van der Waals surface area contributed by atoms with Gasteiger partial charge in [-0.25, -0.2) is 0 Å². The monoisotopic (exact) mass is 683 g/mol. The lowest BCUT2D eigenvalue weighted by Gasteiger charge is -2.22. The van der Waals surface area contributed by atoms with Crippen molar-refractivity contribution in [2.75, 3.05) is 0 Å². The van der Waals surface area contributed by atoms with Crippen LogP contribution in [-0.4, -0.2) is 4.57 Å². The third-order valence-corrected chi connectivity index (χ3v) is 14.9. The molecule has 9 aromatic rings. The van der Waals surface area contributed by atoms with Crippen molar-refractivity contribution < 1.29 is 4.57 Å². The smallest absolute Gasteiger partial charge is 0.172 e. The van der Waals surface area contributed by atoms with Gasteiger partial charge in [-0.1, -0.05) is 147 Å². The number of nitrogens with zero attached hydrogens (tertiary/aromatic N) is 1. The number of rotatable bonds is 3. The molecule has 8 aromatic carbocycles. The average molecular weight is 684 g/mol. The van der Waals surface area contributed by atoms with E-state index in [1.807, 2.05) is 36.4 Å². The van der Waals surface area contributed by atoms with E-state index in [1.165, 1.54) is 54.9 Å². The zero-order valence-corrected chi connectivity index (χ0v) is 29.9. The Labute approximate surface area is 303 Å². The van der Waals surface area contributed by atoms with Crippen molar-refractivity contribution in [1.82, 2.24) is 4.57 Å². The largest absolute Gasteiger partial charge is 0.309 e. The van der Waals surface area contributed by atoms with Gasteiger partial charge in [0.2, 0.25) is 0 Å². The van der Waals surface area contributed by atoms with Gasteiger partial charge < -0.3 is 9.13 Å². The van der Waals surface area contributed by atoms with Crippen LogP contribution in [0.4, 0.5) is 0 Å². The lowest BCUT2D eigenvalue weighted by atomic mass is 9.81. The highest BCUT2D eigenvalue weighted by Crippen LogP contribution is 2.55. The van der Waals surface area contributed by atoms with Crippen LogP contribution in [0.15, 0.2) is 170 Å². The van der Waals surface area contributed by atoms with Crippen LogP contribution in [0.3, 0.4) is 0 Å². The van der Waals surface area contributed by atoms with Gasteiger partial charge in [0, 0.05) is 43.4 Å². The molecule has 3 heteroatoms. The fourth-order valence-electron chi connectivity index (χ4n) is 9.29. The summed E-state index contributed by atoms with van der Waals surface area (Å²) in [6.07, 6.45) is 0. The summed E-state index contributed by atoms with van der Waals surface area (Å²) in [5, 5.41) is 7.46. The molecular formula is C49H34NOP. The molecule has 1 aliphatic carbocycles. The first-order valence-corrected chi connectivity index (χ1v) is 19.7. The van der Waals surface area contributed by atoms with E-state index in [0.29, 0.717) is 0 Å². The second-order valence-corrected chi connectivity index (χ2v) is 17.5. The van der Waals surface area contributed by atoms with Crippen LogP contribution >= 0.6 is 7.14 Å². The molecule has 0 fully saturated rings. The molecule has 1 atom stereocenters. The summed E-state index contributed by atoms with van der Waals surface area (Å²) in [4.78, 5) is 0. The zero-order chi connectivity index (χ0) is 34.8. The first-order valence-electron chi connectivity index (χ1n) is 18.0. The number of fused-ring (bicyclic) bond motifs is 11. The first-order chi connectivity index (χ1) is 25.4. The summed E-state index contributed by atoms with van der Waals surface area (Å²) in [5.74, 6) is 0. The minimum Gasteiger partial charge on any atom is -0.309 e. The third kappa shape index (κ3) is 3.88. The van der Waals surface area contributed by atoms with Gasteiger partial charge in [0.15, 0.2) is 7.14 Å². The van der Waals surface area contributed by atoms with E-state index in [4.69, 9.17) is 0 Å². The quantitative estimate of drug-likeness (QED) is 0.170. The third-order valence-electron chi connectivity index (χ3n) is 11.8. The highest BCUT2D eigenvalue weighted by Gasteiger charge is 2.42. The number of aromatic nitrogens is 1. The van der Waals surface area contributed by atoms with Gasteiger partial charge in [-0.3, -0.25) is 0 Å². The highest BCUT2D eigenvalue weighted by atomic mass is 31.2. The molecule has 0 saturated heterocycles. The molecule has 0 amide bonds. The lowest BCUT2D eigenvalue weighted by Crippen LogP contribution is -2.20. The number of benzene rings is 8. The maximum Gasteiger partial charge on any atom is 0.172 e. The Bertz CT molecular complexity index is 3020. The number of hydrogen-bond acceptors (Lipinski definition) is 1. The molecule has 246 valence electrons. The Morgan fingerprint density at radius 3 is 2.08 bits per heavy atom. The van der Waals surface area contributed by atoms with E-state index < -0.39 is 7.14 Å². The Morgan fingerprint density at radius 1 is 0.500 bits per heavy atom. The van der Waals surface area contributed by atoms with Crippen molar-refractivity contribution in [3.8, 4) is 39.1 Å². The summed E-state index contributed by atoms with van der Waals surface area (Å²) in [5.41, 5.74) is 13.3. The van der Waals surface area contributed by atoms with E-state index >= 15 is 4.57 Å². The molecule has 0 spiro atoms. The van der Waals surface area contributed by atoms with Gasteiger partial charge in [-0.05, 0) is 86.1 Å². The van der Waals surface area contributed by atoms with Crippen molar-refractivity contribution in [3.05, 3.63) is 181 Å². The maximum atomic E-state index is 15.5. The van der Waals surface area contributed by atoms with Gasteiger partial charge in [-0.2, -0.15) is 0 Å². The fourth-order valence-corrected chi connectivity index (χ4v) is 12.3. The van der Waals surface area contributed by atoms with Crippen LogP contribution in [0.25, 0.3) is 71.6 Å². The number of para-hydroxylation sites is 1. The van der Waals surface area contributed by atoms with E-state index in [-0.39, 0.29) is 5.41 Å². The van der Waals surface area contributed by atoms with Gasteiger partial charge in [0.25, 0.3) is 0 Å². The molecule has 11 rings (SSSR count). The summed E-state index contributed by atoms with van der Waals surface area (Å²) in [6, 6.07) is 60.8. The minimum atomic E-state index is -3.09. The second-order valence-electron chi connectivity index (χ2n) is 14.8. The summed E-state index contributed by atoms with van der Waals surface area (Å²) < 4.78 is 17.9. The molecule has 2 heterocycles. The van der Waals surface area contributed by atoms with E-state index in [1.54, 1.807) is 0 Å². The van der Waals surface area contributed by atoms with Crippen molar-refractivity contribution in [2.24, 2.45) is 0 Å². The van der Waals surface area contributed by atoms with Crippen molar-refractivity contribution in [2.45, 2.75) is 19.3 Å². The Kier molecular flexibility index (Phi) is 6.03. The molecule has 0 bridgehead atoms. The predicted octanol–water partition coefficient (Wildman–Crippen LogP) is 11.5. The summed E-state index contributed by atoms with van der Waals surface area (Å²) in [6.45, 7) is 4.68. The number of hydrogen-bond donors (Lipinski definition) is 0. The molecule has 2 aliphatic rings. The molecule has 0 radical (unpaired) electrons. The van der Waals surface area contributed by atoms with Crippen molar-refractivity contribution in [1.29, 1.82) is 0 Å². The fraction of sp³-hybridized carbons (Fsp3) is 0.0612. The zero-order valence-electron chi connectivity index (χ0n) is 29.0. The van der Waals surface area contributed by atoms with E-state index in [9.17, 15) is 0 Å². The molecule has 1 aliphatic heterocycles. The van der Waals surface area contributed by atoms with Crippen LogP contribution in [0.1, 0.15) is 25.0 Å². The average Bonchev–Trinajstić information content (AvgIpc) is 3.76. The van der Waals surface area contributed by atoms with E-state index in [0.717, 1.165) is 43.8 Å². The summed E-state index contributed by atoms with van der Waals surface area (Å²) in [7, 11) is -3.09. The molecule has 2 nitrogen and oxygen atoms in total. The topological polar surface area (TPSA) is 22.0 Å². The van der Waals surface area contributed by atoms with Crippen LogP contribution in [0.2, 0.25) is 0 Å². The summed E-state index contributed by atoms with van der Waals surface area (Å²) >= 11 is 0. The SMILES string of the molecule is CC1(C)c2ccccc2-c2ccc(-c3ccc4ccc(-n5c6ccccc6c6ccc7c(c65)-c5ccccc5P7(=O)c5ccccc5)cc4c3)cc21. The van der Waals surface area contributed by atoms with Crippen LogP contribution in [-0.2, 0) is 9.98 Å². The van der Waals surface area contributed by atoms with Crippen LogP contribution in [0, 0.1) is 0 Å². The molecule has 1 aromatic heterocycles. The van der Waals surface area contributed by atoms with Crippen LogP contribution < -0.4 is 15.9 Å². The lowest BCUT2D eigenvalue weighted by molar-refractivity contribution is 0.593. The van der Waals surface area contributed by atoms with E-state index in [2.05, 4.69) is 152 Å². The van der Waals surface area contributed by atoms with Gasteiger partial charge in [-0.15, -0.1) is 0 Å². The van der Waals surface area contributed by atoms with Crippen molar-refractivity contribution >= 4 is 55.6 Å². The van der Waals surface area contributed by atoms with Gasteiger partial charge in [0.1, 0.15) is 0 Å². The second kappa shape index (κ2) is 10.5.